The number of ether oxygens (including phenoxy) is 1. The SMILES string of the molecule is CS(=O)c1ccc(N2CCN(CCOc3ccc(C(=O)CCC(=O)O)cc3)CC2)c(F)c1. The Morgan fingerprint density at radius 1 is 1.06 bits per heavy atom. The van der Waals surface area contributed by atoms with E-state index < -0.39 is 16.8 Å². The second-order valence-corrected chi connectivity index (χ2v) is 8.97. The van der Waals surface area contributed by atoms with Crippen molar-refractivity contribution in [2.45, 2.75) is 17.7 Å². The van der Waals surface area contributed by atoms with Crippen molar-refractivity contribution in [3.63, 3.8) is 0 Å². The summed E-state index contributed by atoms with van der Waals surface area (Å²) in [5.41, 5.74) is 1.01. The third kappa shape index (κ3) is 6.61. The van der Waals surface area contributed by atoms with Crippen molar-refractivity contribution in [3.8, 4) is 5.75 Å². The molecule has 1 atom stereocenters. The Labute approximate surface area is 189 Å². The molecule has 0 aromatic heterocycles. The fourth-order valence-electron chi connectivity index (χ4n) is 3.53. The predicted molar refractivity (Wildman–Crippen MR) is 121 cm³/mol. The maximum atomic E-state index is 14.4. The van der Waals surface area contributed by atoms with Gasteiger partial charge >= 0.3 is 5.97 Å². The van der Waals surface area contributed by atoms with Gasteiger partial charge in [0.1, 0.15) is 18.2 Å². The van der Waals surface area contributed by atoms with E-state index >= 15 is 0 Å². The Hall–Kier alpha value is -2.78. The zero-order chi connectivity index (χ0) is 23.1. The maximum Gasteiger partial charge on any atom is 0.303 e. The minimum Gasteiger partial charge on any atom is -0.492 e. The monoisotopic (exact) mass is 462 g/mol. The average Bonchev–Trinajstić information content (AvgIpc) is 2.78. The second kappa shape index (κ2) is 11.2. The van der Waals surface area contributed by atoms with Crippen molar-refractivity contribution < 1.29 is 28.0 Å². The minimum absolute atomic E-state index is 0.0202. The van der Waals surface area contributed by atoms with Gasteiger partial charge < -0.3 is 14.7 Å². The highest BCUT2D eigenvalue weighted by Crippen LogP contribution is 2.23. The van der Waals surface area contributed by atoms with Crippen LogP contribution in [0, 0.1) is 5.82 Å². The van der Waals surface area contributed by atoms with Crippen LogP contribution in [-0.2, 0) is 15.6 Å². The van der Waals surface area contributed by atoms with Crippen molar-refractivity contribution in [1.82, 2.24) is 4.90 Å². The normalized spacial score (nSPS) is 15.4. The Kier molecular flexibility index (Phi) is 8.35. The van der Waals surface area contributed by atoms with Crippen molar-refractivity contribution in [3.05, 3.63) is 53.8 Å². The van der Waals surface area contributed by atoms with Crippen LogP contribution < -0.4 is 9.64 Å². The van der Waals surface area contributed by atoms with E-state index in [0.29, 0.717) is 41.6 Å². The summed E-state index contributed by atoms with van der Waals surface area (Å²) in [6.45, 7) is 4.15. The van der Waals surface area contributed by atoms with Gasteiger partial charge in [0.05, 0.1) is 12.1 Å². The lowest BCUT2D eigenvalue weighted by atomic mass is 10.1. The molecule has 0 radical (unpaired) electrons. The van der Waals surface area contributed by atoms with Gasteiger partial charge in [0.25, 0.3) is 0 Å². The number of rotatable bonds is 10. The van der Waals surface area contributed by atoms with E-state index in [1.807, 2.05) is 4.90 Å². The van der Waals surface area contributed by atoms with Gasteiger partial charge in [-0.05, 0) is 42.5 Å². The first-order valence-electron chi connectivity index (χ1n) is 10.4. The van der Waals surface area contributed by atoms with Gasteiger partial charge in [-0.15, -0.1) is 0 Å². The van der Waals surface area contributed by atoms with Crippen molar-refractivity contribution in [2.75, 3.05) is 50.5 Å². The fraction of sp³-hybridized carbons (Fsp3) is 0.391. The number of nitrogens with zero attached hydrogens (tertiary/aromatic N) is 2. The Morgan fingerprint density at radius 2 is 1.75 bits per heavy atom. The molecule has 1 aliphatic heterocycles. The maximum absolute atomic E-state index is 14.4. The first kappa shape index (κ1) is 23.9. The number of hydrogen-bond acceptors (Lipinski definition) is 6. The predicted octanol–water partition coefficient (Wildman–Crippen LogP) is 2.81. The molecule has 1 unspecified atom stereocenters. The molecule has 3 rings (SSSR count). The van der Waals surface area contributed by atoms with Crippen LogP contribution in [0.15, 0.2) is 47.4 Å². The van der Waals surface area contributed by atoms with Crippen LogP contribution in [0.1, 0.15) is 23.2 Å². The molecule has 0 aliphatic carbocycles. The number of ketones is 1. The van der Waals surface area contributed by atoms with Gasteiger partial charge in [-0.1, -0.05) is 0 Å². The Balaban J connectivity index is 1.41. The molecule has 9 heteroatoms. The molecule has 2 aromatic rings. The van der Waals surface area contributed by atoms with E-state index in [9.17, 15) is 18.2 Å². The van der Waals surface area contributed by atoms with E-state index in [-0.39, 0.29) is 24.4 Å². The number of piperazine rings is 1. The molecule has 0 spiro atoms. The summed E-state index contributed by atoms with van der Waals surface area (Å²) in [4.78, 5) is 27.2. The van der Waals surface area contributed by atoms with Gasteiger partial charge in [0.2, 0.25) is 0 Å². The third-order valence-electron chi connectivity index (χ3n) is 5.38. The molecular weight excluding hydrogens is 435 g/mol. The summed E-state index contributed by atoms with van der Waals surface area (Å²) in [5.74, 6) is -0.893. The Morgan fingerprint density at radius 3 is 2.34 bits per heavy atom. The van der Waals surface area contributed by atoms with Crippen LogP contribution in [0.5, 0.6) is 5.75 Å². The van der Waals surface area contributed by atoms with Crippen molar-refractivity contribution in [2.24, 2.45) is 0 Å². The second-order valence-electron chi connectivity index (χ2n) is 7.59. The van der Waals surface area contributed by atoms with E-state index in [2.05, 4.69) is 4.90 Å². The molecule has 1 aliphatic rings. The molecule has 2 aromatic carbocycles. The highest BCUT2D eigenvalue weighted by atomic mass is 32.2. The summed E-state index contributed by atoms with van der Waals surface area (Å²) in [6, 6.07) is 11.5. The van der Waals surface area contributed by atoms with Crippen LogP contribution in [0.25, 0.3) is 0 Å². The van der Waals surface area contributed by atoms with Crippen LogP contribution in [-0.4, -0.2) is 71.6 Å². The molecule has 0 bridgehead atoms. The molecule has 1 fully saturated rings. The summed E-state index contributed by atoms with van der Waals surface area (Å²) in [5, 5.41) is 8.67. The van der Waals surface area contributed by atoms with E-state index in [0.717, 1.165) is 19.6 Å². The highest BCUT2D eigenvalue weighted by Gasteiger charge is 2.20. The number of hydrogen-bond donors (Lipinski definition) is 1. The summed E-state index contributed by atoms with van der Waals surface area (Å²) in [6.07, 6.45) is 1.33. The van der Waals surface area contributed by atoms with Crippen molar-refractivity contribution in [1.29, 1.82) is 0 Å². The average molecular weight is 463 g/mol. The largest absolute Gasteiger partial charge is 0.492 e. The number of benzene rings is 2. The topological polar surface area (TPSA) is 87.2 Å². The standard InChI is InChI=1S/C23H27FN2O5S/c1-32(30)19-6-7-21(20(24)16-19)26-12-10-25(11-13-26)14-15-31-18-4-2-17(3-5-18)22(27)8-9-23(28)29/h2-7,16H,8-15H2,1H3,(H,28,29). The van der Waals surface area contributed by atoms with E-state index in [4.69, 9.17) is 9.84 Å². The lowest BCUT2D eigenvalue weighted by Crippen LogP contribution is -2.47. The number of carboxylic acid groups (broad SMARTS) is 1. The minimum atomic E-state index is -1.20. The van der Waals surface area contributed by atoms with Gasteiger partial charge in [0, 0.05) is 66.7 Å². The molecular formula is C23H27FN2O5S. The summed E-state index contributed by atoms with van der Waals surface area (Å²) in [7, 11) is -1.20. The van der Waals surface area contributed by atoms with Crippen LogP contribution in [0.3, 0.4) is 0 Å². The zero-order valence-electron chi connectivity index (χ0n) is 18.0. The van der Waals surface area contributed by atoms with Crippen LogP contribution in [0.4, 0.5) is 10.1 Å². The van der Waals surface area contributed by atoms with Crippen LogP contribution >= 0.6 is 0 Å². The summed E-state index contributed by atoms with van der Waals surface area (Å²) < 4.78 is 31.6. The number of carbonyl (C=O) groups excluding carboxylic acids is 1. The summed E-state index contributed by atoms with van der Waals surface area (Å²) >= 11 is 0. The number of Topliss-reactive ketones (excluding diaryl/α,β-unsaturated/α-hetero) is 1. The first-order chi connectivity index (χ1) is 15.3. The number of halogens is 1. The quantitative estimate of drug-likeness (QED) is 0.543. The van der Waals surface area contributed by atoms with Gasteiger partial charge in [-0.3, -0.25) is 18.7 Å². The Bertz CT molecular complexity index is 975. The highest BCUT2D eigenvalue weighted by molar-refractivity contribution is 7.84. The first-order valence-corrected chi connectivity index (χ1v) is 12.0. The van der Waals surface area contributed by atoms with Gasteiger partial charge in [-0.25, -0.2) is 4.39 Å². The molecule has 0 saturated carbocycles. The number of carboxylic acids is 1. The number of carbonyl (C=O) groups is 2. The lowest BCUT2D eigenvalue weighted by molar-refractivity contribution is -0.136. The number of aliphatic carboxylic acids is 1. The molecule has 0 amide bonds. The molecule has 1 saturated heterocycles. The number of anilines is 1. The van der Waals surface area contributed by atoms with Crippen LogP contribution in [0.2, 0.25) is 0 Å². The smallest absolute Gasteiger partial charge is 0.303 e. The molecule has 1 heterocycles. The molecule has 32 heavy (non-hydrogen) atoms. The van der Waals surface area contributed by atoms with E-state index in [1.54, 1.807) is 36.4 Å². The van der Waals surface area contributed by atoms with Crippen molar-refractivity contribution >= 4 is 28.2 Å². The molecule has 7 nitrogen and oxygen atoms in total. The third-order valence-corrected chi connectivity index (χ3v) is 6.30. The molecule has 172 valence electrons. The van der Waals surface area contributed by atoms with Gasteiger partial charge in [0.15, 0.2) is 5.78 Å². The van der Waals surface area contributed by atoms with Gasteiger partial charge in [-0.2, -0.15) is 0 Å². The fourth-order valence-corrected chi connectivity index (χ4v) is 4.06. The molecule has 1 N–H and O–H groups in total. The lowest BCUT2D eigenvalue weighted by Gasteiger charge is -2.36. The van der Waals surface area contributed by atoms with E-state index in [1.165, 1.54) is 12.3 Å². The zero-order valence-corrected chi connectivity index (χ0v) is 18.8.